The van der Waals surface area contributed by atoms with Crippen molar-refractivity contribution < 1.29 is 0 Å². The van der Waals surface area contributed by atoms with Crippen molar-refractivity contribution in [3.05, 3.63) is 28.0 Å². The number of rotatable bonds is 1. The van der Waals surface area contributed by atoms with E-state index in [0.29, 0.717) is 11.1 Å². The summed E-state index contributed by atoms with van der Waals surface area (Å²) in [6.45, 7) is 4.45. The molecule has 0 aliphatic heterocycles. The fourth-order valence-electron chi connectivity index (χ4n) is 2.22. The van der Waals surface area contributed by atoms with Crippen molar-refractivity contribution in [3.8, 4) is 0 Å². The first-order valence-corrected chi connectivity index (χ1v) is 5.74. The molecule has 76 valence electrons. The molecule has 1 aromatic rings. The first-order chi connectivity index (χ1) is 6.68. The zero-order valence-corrected chi connectivity index (χ0v) is 9.56. The van der Waals surface area contributed by atoms with Crippen LogP contribution in [0.2, 0.25) is 5.15 Å². The van der Waals surface area contributed by atoms with E-state index >= 15 is 0 Å². The van der Waals surface area contributed by atoms with Crippen LogP contribution in [0.5, 0.6) is 0 Å². The van der Waals surface area contributed by atoms with Crippen LogP contribution >= 0.6 is 11.6 Å². The van der Waals surface area contributed by atoms with Crippen LogP contribution in [0.15, 0.2) is 6.07 Å². The second-order valence-electron chi connectivity index (χ2n) is 4.32. The van der Waals surface area contributed by atoms with Crippen LogP contribution < -0.4 is 0 Å². The molecular formula is C12H16ClN. The molecule has 2 rings (SSSR count). The summed E-state index contributed by atoms with van der Waals surface area (Å²) in [6.07, 6.45) is 4.86. The Morgan fingerprint density at radius 2 is 2.00 bits per heavy atom. The van der Waals surface area contributed by atoms with Gasteiger partial charge < -0.3 is 0 Å². The average Bonchev–Trinajstić information content (AvgIpc) is 2.16. The van der Waals surface area contributed by atoms with E-state index in [-0.39, 0.29) is 0 Å². The molecule has 0 radical (unpaired) electrons. The van der Waals surface area contributed by atoms with Crippen molar-refractivity contribution >= 4 is 11.6 Å². The summed E-state index contributed by atoms with van der Waals surface area (Å²) in [7, 11) is 0. The summed E-state index contributed by atoms with van der Waals surface area (Å²) < 4.78 is 0. The molecule has 0 saturated carbocycles. The Morgan fingerprint density at radius 3 is 2.71 bits per heavy atom. The van der Waals surface area contributed by atoms with Gasteiger partial charge in [0.15, 0.2) is 0 Å². The third kappa shape index (κ3) is 1.78. The van der Waals surface area contributed by atoms with Gasteiger partial charge in [0.1, 0.15) is 5.15 Å². The maximum atomic E-state index is 6.01. The minimum atomic E-state index is 0.558. The molecule has 0 amide bonds. The number of aromatic nitrogens is 1. The summed E-state index contributed by atoms with van der Waals surface area (Å²) in [5.41, 5.74) is 4.11. The van der Waals surface area contributed by atoms with Gasteiger partial charge in [0.25, 0.3) is 0 Å². The maximum absolute atomic E-state index is 6.01. The van der Waals surface area contributed by atoms with Gasteiger partial charge in [-0.1, -0.05) is 25.4 Å². The predicted octanol–water partition coefficient (Wildman–Crippen LogP) is 3.74. The monoisotopic (exact) mass is 209 g/mol. The molecule has 0 saturated heterocycles. The third-order valence-electron chi connectivity index (χ3n) is 2.93. The fraction of sp³-hybridized carbons (Fsp3) is 0.583. The molecule has 0 fully saturated rings. The van der Waals surface area contributed by atoms with Gasteiger partial charge >= 0.3 is 0 Å². The lowest BCUT2D eigenvalue weighted by Gasteiger charge is -2.20. The first-order valence-electron chi connectivity index (χ1n) is 5.36. The van der Waals surface area contributed by atoms with Gasteiger partial charge in [0, 0.05) is 5.69 Å². The summed E-state index contributed by atoms with van der Waals surface area (Å²) >= 11 is 6.01. The van der Waals surface area contributed by atoms with Crippen molar-refractivity contribution in [2.45, 2.75) is 45.4 Å². The van der Waals surface area contributed by atoms with E-state index in [9.17, 15) is 0 Å². The van der Waals surface area contributed by atoms with E-state index < -0.39 is 0 Å². The van der Waals surface area contributed by atoms with Crippen LogP contribution in [0, 0.1) is 0 Å². The highest BCUT2D eigenvalue weighted by atomic mass is 35.5. The molecule has 0 bridgehead atoms. The lowest BCUT2D eigenvalue weighted by Crippen LogP contribution is -2.09. The molecule has 1 nitrogen and oxygen atoms in total. The van der Waals surface area contributed by atoms with Crippen molar-refractivity contribution in [1.29, 1.82) is 0 Å². The Kier molecular flexibility index (Phi) is 2.78. The highest BCUT2D eigenvalue weighted by molar-refractivity contribution is 6.29. The number of fused-ring (bicyclic) bond motifs is 1. The van der Waals surface area contributed by atoms with Gasteiger partial charge in [0.05, 0.1) is 0 Å². The molecule has 1 aromatic heterocycles. The Hall–Kier alpha value is -0.560. The lowest BCUT2D eigenvalue weighted by atomic mass is 9.88. The summed E-state index contributed by atoms with van der Waals surface area (Å²) in [5.74, 6) is 0.558. The zero-order chi connectivity index (χ0) is 10.1. The lowest BCUT2D eigenvalue weighted by molar-refractivity contribution is 0.653. The minimum absolute atomic E-state index is 0.558. The van der Waals surface area contributed by atoms with E-state index in [0.717, 1.165) is 6.42 Å². The van der Waals surface area contributed by atoms with Gasteiger partial charge in [-0.25, -0.2) is 4.98 Å². The fourth-order valence-corrected chi connectivity index (χ4v) is 2.44. The van der Waals surface area contributed by atoms with E-state index in [4.69, 9.17) is 11.6 Å². The summed E-state index contributed by atoms with van der Waals surface area (Å²) in [6, 6.07) is 2.04. The van der Waals surface area contributed by atoms with Crippen LogP contribution in [0.1, 0.15) is 49.4 Å². The molecule has 0 aromatic carbocycles. The SMILES string of the molecule is CC(C)c1cc(Cl)nc2c1CCCC2. The van der Waals surface area contributed by atoms with Gasteiger partial charge in [-0.2, -0.15) is 0 Å². The molecule has 1 aliphatic rings. The second-order valence-corrected chi connectivity index (χ2v) is 4.71. The molecule has 1 aliphatic carbocycles. The summed E-state index contributed by atoms with van der Waals surface area (Å²) in [5, 5.41) is 0.661. The number of hydrogen-bond donors (Lipinski definition) is 0. The standard InChI is InChI=1S/C12H16ClN/c1-8(2)10-7-12(13)14-11-6-4-3-5-9(10)11/h7-8H,3-6H2,1-2H3. The van der Waals surface area contributed by atoms with E-state index in [1.54, 1.807) is 0 Å². The normalized spacial score (nSPS) is 15.7. The number of pyridine rings is 1. The quantitative estimate of drug-likeness (QED) is 0.643. The largest absolute Gasteiger partial charge is 0.241 e. The second kappa shape index (κ2) is 3.90. The number of aryl methyl sites for hydroxylation is 1. The van der Waals surface area contributed by atoms with Crippen LogP contribution in [-0.2, 0) is 12.8 Å². The molecule has 0 unspecified atom stereocenters. The Balaban J connectivity index is 2.52. The predicted molar refractivity (Wildman–Crippen MR) is 60.0 cm³/mol. The van der Waals surface area contributed by atoms with E-state index in [1.165, 1.54) is 36.1 Å². The average molecular weight is 210 g/mol. The molecule has 1 heterocycles. The van der Waals surface area contributed by atoms with Gasteiger partial charge in [-0.05, 0) is 48.8 Å². The zero-order valence-electron chi connectivity index (χ0n) is 8.81. The highest BCUT2D eigenvalue weighted by Crippen LogP contribution is 2.29. The van der Waals surface area contributed by atoms with Gasteiger partial charge in [-0.15, -0.1) is 0 Å². The van der Waals surface area contributed by atoms with Crippen molar-refractivity contribution in [2.24, 2.45) is 0 Å². The van der Waals surface area contributed by atoms with Gasteiger partial charge in [0.2, 0.25) is 0 Å². The van der Waals surface area contributed by atoms with Crippen LogP contribution in [0.4, 0.5) is 0 Å². The molecule has 2 heteroatoms. The van der Waals surface area contributed by atoms with E-state index in [2.05, 4.69) is 18.8 Å². The van der Waals surface area contributed by atoms with Crippen molar-refractivity contribution in [3.63, 3.8) is 0 Å². The Labute approximate surface area is 90.5 Å². The molecule has 0 atom stereocenters. The maximum Gasteiger partial charge on any atom is 0.129 e. The number of hydrogen-bond acceptors (Lipinski definition) is 1. The van der Waals surface area contributed by atoms with Crippen molar-refractivity contribution in [1.82, 2.24) is 4.98 Å². The Morgan fingerprint density at radius 1 is 1.29 bits per heavy atom. The number of halogens is 1. The van der Waals surface area contributed by atoms with Crippen LogP contribution in [0.25, 0.3) is 0 Å². The number of nitrogens with zero attached hydrogens (tertiary/aromatic N) is 1. The minimum Gasteiger partial charge on any atom is -0.241 e. The van der Waals surface area contributed by atoms with Crippen LogP contribution in [0.3, 0.4) is 0 Å². The molecule has 14 heavy (non-hydrogen) atoms. The summed E-state index contributed by atoms with van der Waals surface area (Å²) in [4.78, 5) is 4.42. The smallest absolute Gasteiger partial charge is 0.129 e. The molecule has 0 spiro atoms. The third-order valence-corrected chi connectivity index (χ3v) is 3.12. The highest BCUT2D eigenvalue weighted by Gasteiger charge is 2.17. The Bertz CT molecular complexity index is 344. The molecule has 0 N–H and O–H groups in total. The van der Waals surface area contributed by atoms with Crippen molar-refractivity contribution in [2.75, 3.05) is 0 Å². The van der Waals surface area contributed by atoms with Gasteiger partial charge in [-0.3, -0.25) is 0 Å². The van der Waals surface area contributed by atoms with Crippen LogP contribution in [-0.4, -0.2) is 4.98 Å². The van der Waals surface area contributed by atoms with E-state index in [1.807, 2.05) is 6.07 Å². The molecular weight excluding hydrogens is 194 g/mol. The first kappa shape index (κ1) is 9.97. The topological polar surface area (TPSA) is 12.9 Å².